The monoisotopic (exact) mass is 349 g/mol. The first-order valence-electron chi connectivity index (χ1n) is 8.37. The lowest BCUT2D eigenvalue weighted by Crippen LogP contribution is -3.07. The van der Waals surface area contributed by atoms with Gasteiger partial charge in [-0.15, -0.1) is 0 Å². The van der Waals surface area contributed by atoms with Gasteiger partial charge in [-0.1, -0.05) is 23.7 Å². The normalized spacial score (nSPS) is 19.0. The average Bonchev–Trinajstić information content (AvgIpc) is 3.42. The van der Waals surface area contributed by atoms with E-state index in [1.807, 2.05) is 16.8 Å². The van der Waals surface area contributed by atoms with Gasteiger partial charge in [-0.05, 0) is 50.0 Å². The molecule has 0 radical (unpaired) electrons. The number of nitrogens with one attached hydrogen (secondary N) is 1. The standard InChI is InChI=1S/C17H21ClN4S/c1-20(10-12-2-6-14(18)7-3-12)11-21-17(23)22(15-8-9-15)16(19-21)13-4-5-13/h2-3,6-7,13,15H,4-5,8-11H2,1H3/p+1. The Morgan fingerprint density at radius 3 is 2.52 bits per heavy atom. The van der Waals surface area contributed by atoms with Gasteiger partial charge in [-0.3, -0.25) is 0 Å². The third-order valence-corrected chi connectivity index (χ3v) is 5.25. The summed E-state index contributed by atoms with van der Waals surface area (Å²) in [4.78, 5) is 1.37. The van der Waals surface area contributed by atoms with Gasteiger partial charge in [0, 0.05) is 22.5 Å². The summed E-state index contributed by atoms with van der Waals surface area (Å²) in [6.45, 7) is 1.74. The zero-order valence-electron chi connectivity index (χ0n) is 13.3. The summed E-state index contributed by atoms with van der Waals surface area (Å²) in [5, 5.41) is 5.65. The number of aromatic nitrogens is 3. The van der Waals surface area contributed by atoms with Gasteiger partial charge in [0.05, 0.1) is 7.05 Å². The predicted octanol–water partition coefficient (Wildman–Crippen LogP) is 2.95. The van der Waals surface area contributed by atoms with Gasteiger partial charge in [0.2, 0.25) is 4.77 Å². The molecule has 0 aliphatic heterocycles. The first-order valence-corrected chi connectivity index (χ1v) is 9.15. The Hall–Kier alpha value is -1.17. The van der Waals surface area contributed by atoms with E-state index in [4.69, 9.17) is 28.9 Å². The molecule has 0 spiro atoms. The lowest BCUT2D eigenvalue weighted by Gasteiger charge is -2.13. The second kappa shape index (κ2) is 6.04. The van der Waals surface area contributed by atoms with Crippen LogP contribution in [0.15, 0.2) is 24.3 Å². The minimum Gasteiger partial charge on any atom is -0.315 e. The fraction of sp³-hybridized carbons (Fsp3) is 0.529. The van der Waals surface area contributed by atoms with Crippen molar-refractivity contribution in [1.29, 1.82) is 0 Å². The minimum atomic E-state index is 0.614. The lowest BCUT2D eigenvalue weighted by molar-refractivity contribution is -0.917. The van der Waals surface area contributed by atoms with Gasteiger partial charge in [0.15, 0.2) is 6.67 Å². The summed E-state index contributed by atoms with van der Waals surface area (Å²) in [6.07, 6.45) is 5.05. The summed E-state index contributed by atoms with van der Waals surface area (Å²) >= 11 is 11.7. The summed E-state index contributed by atoms with van der Waals surface area (Å²) in [5.41, 5.74) is 1.28. The van der Waals surface area contributed by atoms with Crippen molar-refractivity contribution >= 4 is 23.8 Å². The van der Waals surface area contributed by atoms with Crippen LogP contribution in [0.4, 0.5) is 0 Å². The second-order valence-corrected chi connectivity index (χ2v) is 7.74. The number of quaternary nitrogens is 1. The van der Waals surface area contributed by atoms with Crippen LogP contribution in [0, 0.1) is 4.77 Å². The molecule has 1 aromatic heterocycles. The molecule has 0 amide bonds. The van der Waals surface area contributed by atoms with Crippen molar-refractivity contribution in [2.24, 2.45) is 0 Å². The van der Waals surface area contributed by atoms with Crippen LogP contribution >= 0.6 is 23.8 Å². The predicted molar refractivity (Wildman–Crippen MR) is 93.3 cm³/mol. The topological polar surface area (TPSA) is 27.2 Å². The van der Waals surface area contributed by atoms with Crippen molar-refractivity contribution in [1.82, 2.24) is 14.3 Å². The molecule has 2 saturated carbocycles. The second-order valence-electron chi connectivity index (χ2n) is 6.93. The number of halogens is 1. The van der Waals surface area contributed by atoms with Gasteiger partial charge < -0.3 is 9.47 Å². The van der Waals surface area contributed by atoms with E-state index in [0.717, 1.165) is 23.0 Å². The maximum absolute atomic E-state index is 5.95. The fourth-order valence-corrected chi connectivity index (χ4v) is 3.57. The van der Waals surface area contributed by atoms with Gasteiger partial charge >= 0.3 is 0 Å². The quantitative estimate of drug-likeness (QED) is 0.812. The third-order valence-electron chi connectivity index (χ3n) is 4.59. The molecular formula is C17H22ClN4S+. The zero-order valence-corrected chi connectivity index (χ0v) is 14.9. The summed E-state index contributed by atoms with van der Waals surface area (Å²) in [7, 11) is 2.18. The van der Waals surface area contributed by atoms with Crippen LogP contribution in [-0.2, 0) is 13.2 Å². The van der Waals surface area contributed by atoms with Gasteiger partial charge in [0.1, 0.15) is 12.4 Å². The van der Waals surface area contributed by atoms with Gasteiger partial charge in [0.25, 0.3) is 0 Å². The summed E-state index contributed by atoms with van der Waals surface area (Å²) in [6, 6.07) is 8.68. The van der Waals surface area contributed by atoms with Crippen LogP contribution in [0.5, 0.6) is 0 Å². The highest BCUT2D eigenvalue weighted by Gasteiger charge is 2.36. The number of hydrogen-bond acceptors (Lipinski definition) is 2. The fourth-order valence-electron chi connectivity index (χ4n) is 3.10. The van der Waals surface area contributed by atoms with E-state index in [9.17, 15) is 0 Å². The van der Waals surface area contributed by atoms with E-state index in [-0.39, 0.29) is 0 Å². The van der Waals surface area contributed by atoms with Crippen molar-refractivity contribution in [2.45, 2.75) is 50.9 Å². The highest BCUT2D eigenvalue weighted by atomic mass is 35.5. The van der Waals surface area contributed by atoms with Crippen LogP contribution in [0.2, 0.25) is 5.02 Å². The Morgan fingerprint density at radius 2 is 1.91 bits per heavy atom. The van der Waals surface area contributed by atoms with E-state index in [2.05, 4.69) is 23.7 Å². The van der Waals surface area contributed by atoms with Crippen molar-refractivity contribution in [2.75, 3.05) is 7.05 Å². The van der Waals surface area contributed by atoms with E-state index >= 15 is 0 Å². The van der Waals surface area contributed by atoms with Gasteiger partial charge in [-0.2, -0.15) is 9.78 Å². The summed E-state index contributed by atoms with van der Waals surface area (Å²) in [5.74, 6) is 1.88. The van der Waals surface area contributed by atoms with Crippen molar-refractivity contribution in [3.63, 3.8) is 0 Å². The van der Waals surface area contributed by atoms with Crippen LogP contribution in [0.3, 0.4) is 0 Å². The van der Waals surface area contributed by atoms with Crippen LogP contribution in [0.1, 0.15) is 49.0 Å². The maximum Gasteiger partial charge on any atom is 0.203 e. The molecule has 23 heavy (non-hydrogen) atoms. The van der Waals surface area contributed by atoms with Crippen LogP contribution < -0.4 is 4.90 Å². The Bertz CT molecular complexity index is 756. The molecule has 1 unspecified atom stereocenters. The Morgan fingerprint density at radius 1 is 1.22 bits per heavy atom. The molecule has 122 valence electrons. The number of nitrogens with zero attached hydrogens (tertiary/aromatic N) is 3. The Labute approximate surface area is 146 Å². The molecule has 2 aliphatic rings. The highest BCUT2D eigenvalue weighted by molar-refractivity contribution is 7.71. The largest absolute Gasteiger partial charge is 0.315 e. The zero-order chi connectivity index (χ0) is 16.0. The molecule has 2 aromatic rings. The molecule has 1 heterocycles. The van der Waals surface area contributed by atoms with E-state index in [0.29, 0.717) is 12.0 Å². The SMILES string of the molecule is C[NH+](Cc1ccc(Cl)cc1)Cn1nc(C2CC2)n(C2CC2)c1=S. The van der Waals surface area contributed by atoms with Crippen LogP contribution in [0.25, 0.3) is 0 Å². The van der Waals surface area contributed by atoms with E-state index in [1.165, 1.54) is 42.0 Å². The van der Waals surface area contributed by atoms with E-state index in [1.54, 1.807) is 0 Å². The molecule has 1 atom stereocenters. The minimum absolute atomic E-state index is 0.614. The van der Waals surface area contributed by atoms with Crippen molar-refractivity contribution in [3.8, 4) is 0 Å². The number of rotatable bonds is 6. The summed E-state index contributed by atoms with van der Waals surface area (Å²) < 4.78 is 5.28. The molecule has 4 rings (SSSR count). The number of hydrogen-bond donors (Lipinski definition) is 1. The molecule has 1 aromatic carbocycles. The molecule has 2 aliphatic carbocycles. The van der Waals surface area contributed by atoms with E-state index < -0.39 is 0 Å². The van der Waals surface area contributed by atoms with Crippen molar-refractivity contribution in [3.05, 3.63) is 45.4 Å². The maximum atomic E-state index is 5.95. The first-order chi connectivity index (χ1) is 11.1. The lowest BCUT2D eigenvalue weighted by atomic mass is 10.2. The van der Waals surface area contributed by atoms with Crippen molar-refractivity contribution < 1.29 is 4.90 Å². The molecule has 4 nitrogen and oxygen atoms in total. The molecule has 2 fully saturated rings. The Balaban J connectivity index is 1.50. The third kappa shape index (κ3) is 3.37. The molecular weight excluding hydrogens is 328 g/mol. The molecule has 0 bridgehead atoms. The smallest absolute Gasteiger partial charge is 0.203 e. The van der Waals surface area contributed by atoms with Crippen LogP contribution in [-0.4, -0.2) is 21.4 Å². The first kappa shape index (κ1) is 15.4. The van der Waals surface area contributed by atoms with Gasteiger partial charge in [-0.25, -0.2) is 0 Å². The Kier molecular flexibility index (Phi) is 4.03. The average molecular weight is 350 g/mol. The molecule has 6 heteroatoms. The molecule has 0 saturated heterocycles. The highest BCUT2D eigenvalue weighted by Crippen LogP contribution is 2.44. The number of benzene rings is 1. The molecule has 1 N–H and O–H groups in total.